The number of carbonyl (C=O) groups excluding carboxylic acids is 1. The lowest BCUT2D eigenvalue weighted by Crippen LogP contribution is -2.23. The Balaban J connectivity index is 1.46. The van der Waals surface area contributed by atoms with Crippen LogP contribution in [0.25, 0.3) is 22.6 Å². The van der Waals surface area contributed by atoms with Gasteiger partial charge < -0.3 is 9.73 Å². The summed E-state index contributed by atoms with van der Waals surface area (Å²) in [7, 11) is 0. The average Bonchev–Trinajstić information content (AvgIpc) is 3.12. The molecule has 0 unspecified atom stereocenters. The largest absolute Gasteiger partial charge is 0.436 e. The minimum absolute atomic E-state index is 0.218. The van der Waals surface area contributed by atoms with E-state index < -0.39 is 0 Å². The van der Waals surface area contributed by atoms with Gasteiger partial charge in [-0.05, 0) is 48.0 Å². The first-order chi connectivity index (χ1) is 13.1. The lowest BCUT2D eigenvalue weighted by atomic mass is 10.1. The summed E-state index contributed by atoms with van der Waals surface area (Å²) < 4.78 is 6.58. The van der Waals surface area contributed by atoms with Gasteiger partial charge in [-0.3, -0.25) is 4.79 Å². The first-order valence-corrected chi connectivity index (χ1v) is 9.45. The van der Waals surface area contributed by atoms with Crippen molar-refractivity contribution in [2.75, 3.05) is 0 Å². The van der Waals surface area contributed by atoms with Gasteiger partial charge in [-0.25, -0.2) is 4.98 Å². The van der Waals surface area contributed by atoms with E-state index in [9.17, 15) is 4.79 Å². The molecule has 0 aliphatic carbocycles. The zero-order valence-corrected chi connectivity index (χ0v) is 16.4. The van der Waals surface area contributed by atoms with Crippen LogP contribution in [0.15, 0.2) is 75.6 Å². The van der Waals surface area contributed by atoms with Gasteiger partial charge in [0.25, 0.3) is 5.91 Å². The molecule has 0 aliphatic heterocycles. The van der Waals surface area contributed by atoms with Crippen LogP contribution in [0.3, 0.4) is 0 Å². The van der Waals surface area contributed by atoms with Crippen LogP contribution in [0, 0.1) is 0 Å². The highest BCUT2D eigenvalue weighted by atomic mass is 79.9. The highest BCUT2D eigenvalue weighted by Gasteiger charge is 2.11. The molecule has 6 heteroatoms. The molecule has 0 aliphatic rings. The maximum atomic E-state index is 12.3. The topological polar surface area (TPSA) is 55.1 Å². The van der Waals surface area contributed by atoms with Crippen molar-refractivity contribution in [1.29, 1.82) is 0 Å². The van der Waals surface area contributed by atoms with Crippen molar-refractivity contribution in [2.24, 2.45) is 0 Å². The molecule has 0 bridgehead atoms. The summed E-state index contributed by atoms with van der Waals surface area (Å²) in [5.41, 5.74) is 3.88. The number of fused-ring (bicyclic) bond motifs is 1. The first-order valence-electron chi connectivity index (χ1n) is 8.28. The number of rotatable bonds is 4. The SMILES string of the molecule is O=C(NCc1ccc(-c2nc3ccccc3o2)cc1)c1cc(Br)ccc1Cl. The minimum Gasteiger partial charge on any atom is -0.436 e. The van der Waals surface area contributed by atoms with E-state index in [1.807, 2.05) is 48.5 Å². The fraction of sp³-hybridized carbons (Fsp3) is 0.0476. The predicted molar refractivity (Wildman–Crippen MR) is 110 cm³/mol. The van der Waals surface area contributed by atoms with Crippen LogP contribution in [0.5, 0.6) is 0 Å². The van der Waals surface area contributed by atoms with Crippen LogP contribution in [-0.2, 0) is 6.54 Å². The number of nitrogens with zero attached hydrogens (tertiary/aromatic N) is 1. The van der Waals surface area contributed by atoms with E-state index in [1.165, 1.54) is 0 Å². The Kier molecular flexibility index (Phi) is 4.97. The second-order valence-corrected chi connectivity index (χ2v) is 7.31. The number of carbonyl (C=O) groups is 1. The molecule has 0 saturated carbocycles. The predicted octanol–water partition coefficient (Wildman–Crippen LogP) is 5.84. The summed E-state index contributed by atoms with van der Waals surface area (Å²) in [6.45, 7) is 0.398. The fourth-order valence-corrected chi connectivity index (χ4v) is 3.27. The molecular weight excluding hydrogens is 428 g/mol. The van der Waals surface area contributed by atoms with Crippen molar-refractivity contribution in [1.82, 2.24) is 10.3 Å². The van der Waals surface area contributed by atoms with E-state index in [2.05, 4.69) is 26.2 Å². The molecule has 4 nitrogen and oxygen atoms in total. The molecule has 4 rings (SSSR count). The van der Waals surface area contributed by atoms with Gasteiger partial charge in [0.1, 0.15) is 5.52 Å². The molecule has 1 N–H and O–H groups in total. The highest BCUT2D eigenvalue weighted by Crippen LogP contribution is 2.24. The molecular formula is C21H14BrClN2O2. The molecule has 27 heavy (non-hydrogen) atoms. The molecule has 0 spiro atoms. The van der Waals surface area contributed by atoms with E-state index >= 15 is 0 Å². The van der Waals surface area contributed by atoms with Crippen molar-refractivity contribution in [2.45, 2.75) is 6.54 Å². The Labute approximate surface area is 169 Å². The smallest absolute Gasteiger partial charge is 0.253 e. The van der Waals surface area contributed by atoms with Crippen molar-refractivity contribution < 1.29 is 9.21 Å². The lowest BCUT2D eigenvalue weighted by Gasteiger charge is -2.08. The van der Waals surface area contributed by atoms with E-state index in [0.29, 0.717) is 23.0 Å². The Hall–Kier alpha value is -2.63. The number of oxazole rings is 1. The second kappa shape index (κ2) is 7.55. The maximum absolute atomic E-state index is 12.3. The average molecular weight is 442 g/mol. The summed E-state index contributed by atoms with van der Waals surface area (Å²) in [5, 5.41) is 3.30. The van der Waals surface area contributed by atoms with Gasteiger partial charge in [-0.2, -0.15) is 0 Å². The third-order valence-electron chi connectivity index (χ3n) is 4.12. The zero-order valence-electron chi connectivity index (χ0n) is 14.1. The molecule has 1 amide bonds. The third-order valence-corrected chi connectivity index (χ3v) is 4.94. The van der Waals surface area contributed by atoms with Gasteiger partial charge in [-0.15, -0.1) is 0 Å². The Morgan fingerprint density at radius 2 is 1.85 bits per heavy atom. The number of amides is 1. The monoisotopic (exact) mass is 440 g/mol. The molecule has 0 fully saturated rings. The van der Waals surface area contributed by atoms with Crippen molar-refractivity contribution >= 4 is 44.5 Å². The number of aromatic nitrogens is 1. The molecule has 0 atom stereocenters. The van der Waals surface area contributed by atoms with Crippen LogP contribution < -0.4 is 5.32 Å². The van der Waals surface area contributed by atoms with Gasteiger partial charge >= 0.3 is 0 Å². The number of benzene rings is 3. The zero-order chi connectivity index (χ0) is 18.8. The van der Waals surface area contributed by atoms with Gasteiger partial charge in [0.2, 0.25) is 5.89 Å². The van der Waals surface area contributed by atoms with Gasteiger partial charge in [0.15, 0.2) is 5.58 Å². The lowest BCUT2D eigenvalue weighted by molar-refractivity contribution is 0.0951. The Morgan fingerprint density at radius 3 is 2.63 bits per heavy atom. The second-order valence-electron chi connectivity index (χ2n) is 5.99. The van der Waals surface area contributed by atoms with E-state index in [-0.39, 0.29) is 5.91 Å². The van der Waals surface area contributed by atoms with E-state index in [0.717, 1.165) is 26.7 Å². The summed E-state index contributed by atoms with van der Waals surface area (Å²) in [6, 6.07) is 20.6. The van der Waals surface area contributed by atoms with Crippen molar-refractivity contribution in [3.05, 3.63) is 87.4 Å². The quantitative estimate of drug-likeness (QED) is 0.433. The van der Waals surface area contributed by atoms with Crippen LogP contribution in [0.1, 0.15) is 15.9 Å². The third kappa shape index (κ3) is 3.89. The fourth-order valence-electron chi connectivity index (χ4n) is 2.71. The summed E-state index contributed by atoms with van der Waals surface area (Å²) in [4.78, 5) is 16.8. The van der Waals surface area contributed by atoms with Crippen LogP contribution >= 0.6 is 27.5 Å². The molecule has 1 heterocycles. The standard InChI is InChI=1S/C21H14BrClN2O2/c22-15-9-10-17(23)16(11-15)20(26)24-12-13-5-7-14(8-6-13)21-25-18-3-1-2-4-19(18)27-21/h1-11H,12H2,(H,24,26). The van der Waals surface area contributed by atoms with Crippen LogP contribution in [0.4, 0.5) is 0 Å². The number of halogens is 2. The summed E-state index contributed by atoms with van der Waals surface area (Å²) in [5.74, 6) is 0.358. The molecule has 4 aromatic rings. The first kappa shape index (κ1) is 17.8. The Morgan fingerprint density at radius 1 is 1.07 bits per heavy atom. The molecule has 134 valence electrons. The molecule has 3 aromatic carbocycles. The summed E-state index contributed by atoms with van der Waals surface area (Å²) >= 11 is 9.45. The molecule has 0 saturated heterocycles. The van der Waals surface area contributed by atoms with Crippen molar-refractivity contribution in [3.8, 4) is 11.5 Å². The minimum atomic E-state index is -0.218. The van der Waals surface area contributed by atoms with Gasteiger partial charge in [0.05, 0.1) is 10.6 Å². The number of hydrogen-bond donors (Lipinski definition) is 1. The van der Waals surface area contributed by atoms with Crippen LogP contribution in [0.2, 0.25) is 5.02 Å². The van der Waals surface area contributed by atoms with Crippen LogP contribution in [-0.4, -0.2) is 10.9 Å². The van der Waals surface area contributed by atoms with E-state index in [1.54, 1.807) is 18.2 Å². The van der Waals surface area contributed by atoms with E-state index in [4.69, 9.17) is 16.0 Å². The molecule has 0 radical (unpaired) electrons. The molecule has 1 aromatic heterocycles. The number of nitrogens with one attached hydrogen (secondary N) is 1. The summed E-state index contributed by atoms with van der Waals surface area (Å²) in [6.07, 6.45) is 0. The number of hydrogen-bond acceptors (Lipinski definition) is 3. The number of para-hydroxylation sites is 2. The van der Waals surface area contributed by atoms with Crippen molar-refractivity contribution in [3.63, 3.8) is 0 Å². The van der Waals surface area contributed by atoms with Gasteiger partial charge in [0, 0.05) is 16.6 Å². The normalized spacial score (nSPS) is 10.9. The highest BCUT2D eigenvalue weighted by molar-refractivity contribution is 9.10. The Bertz CT molecular complexity index is 1090. The maximum Gasteiger partial charge on any atom is 0.253 e. The van der Waals surface area contributed by atoms with Gasteiger partial charge in [-0.1, -0.05) is 51.8 Å².